The van der Waals surface area contributed by atoms with Crippen LogP contribution in [0.5, 0.6) is 0 Å². The Bertz CT molecular complexity index is 2530. The van der Waals surface area contributed by atoms with Crippen LogP contribution in [0.15, 0.2) is 174 Å². The highest BCUT2D eigenvalue weighted by atomic mass is 16.3. The third-order valence-corrected chi connectivity index (χ3v) is 8.90. The largest absolute Gasteiger partial charge is 0.453 e. The number of aromatic nitrogens is 1. The number of benzene rings is 7. The molecule has 3 nitrogen and oxygen atoms in total. The van der Waals surface area contributed by atoms with Crippen molar-refractivity contribution in [3.05, 3.63) is 170 Å². The lowest BCUT2D eigenvalue weighted by Gasteiger charge is -2.26. The monoisotopic (exact) mass is 588 g/mol. The summed E-state index contributed by atoms with van der Waals surface area (Å²) >= 11 is 0. The van der Waals surface area contributed by atoms with Crippen molar-refractivity contribution in [2.45, 2.75) is 0 Å². The van der Waals surface area contributed by atoms with Crippen molar-refractivity contribution in [1.82, 2.24) is 4.98 Å². The van der Waals surface area contributed by atoms with Gasteiger partial charge in [0, 0.05) is 33.7 Å². The van der Waals surface area contributed by atoms with Gasteiger partial charge in [-0.1, -0.05) is 109 Å². The van der Waals surface area contributed by atoms with E-state index in [4.69, 9.17) is 4.42 Å². The van der Waals surface area contributed by atoms with E-state index >= 15 is 0 Å². The number of fused-ring (bicyclic) bond motifs is 6. The fraction of sp³-hybridized carbons (Fsp3) is 0. The van der Waals surface area contributed by atoms with Crippen LogP contribution in [0.4, 0.5) is 17.1 Å². The Labute approximate surface area is 266 Å². The van der Waals surface area contributed by atoms with Crippen LogP contribution in [0.1, 0.15) is 0 Å². The average Bonchev–Trinajstić information content (AvgIpc) is 3.52. The number of pyridine rings is 1. The smallest absolute Gasteiger partial charge is 0.159 e. The van der Waals surface area contributed by atoms with Gasteiger partial charge < -0.3 is 9.32 Å². The molecule has 46 heavy (non-hydrogen) atoms. The lowest BCUT2D eigenvalue weighted by molar-refractivity contribution is 0.672. The Kier molecular flexibility index (Phi) is 6.14. The van der Waals surface area contributed by atoms with Gasteiger partial charge in [-0.2, -0.15) is 0 Å². The van der Waals surface area contributed by atoms with Gasteiger partial charge in [0.25, 0.3) is 0 Å². The zero-order valence-electron chi connectivity index (χ0n) is 25.0. The molecule has 0 atom stereocenters. The van der Waals surface area contributed by atoms with E-state index in [2.05, 4.69) is 168 Å². The molecular formula is C43H28N2O. The maximum atomic E-state index is 6.80. The Balaban J connectivity index is 1.27. The van der Waals surface area contributed by atoms with Gasteiger partial charge >= 0.3 is 0 Å². The molecule has 7 aromatic carbocycles. The van der Waals surface area contributed by atoms with Crippen molar-refractivity contribution in [2.24, 2.45) is 0 Å². The molecule has 0 bridgehead atoms. The number of rotatable bonds is 5. The highest BCUT2D eigenvalue weighted by molar-refractivity contribution is 6.17. The molecule has 2 heterocycles. The van der Waals surface area contributed by atoms with Crippen LogP contribution in [0.25, 0.3) is 65.9 Å². The molecule has 0 saturated carbocycles. The predicted octanol–water partition coefficient (Wildman–Crippen LogP) is 12.1. The van der Waals surface area contributed by atoms with E-state index in [1.165, 1.54) is 27.5 Å². The molecular weight excluding hydrogens is 560 g/mol. The molecule has 9 rings (SSSR count). The van der Waals surface area contributed by atoms with Crippen LogP contribution < -0.4 is 4.90 Å². The second kappa shape index (κ2) is 10.8. The number of hydrogen-bond acceptors (Lipinski definition) is 3. The van der Waals surface area contributed by atoms with Gasteiger partial charge in [-0.15, -0.1) is 0 Å². The van der Waals surface area contributed by atoms with E-state index in [1.807, 2.05) is 12.3 Å². The van der Waals surface area contributed by atoms with Crippen molar-refractivity contribution in [3.8, 4) is 22.3 Å². The first-order valence-electron chi connectivity index (χ1n) is 15.5. The lowest BCUT2D eigenvalue weighted by atomic mass is 9.97. The van der Waals surface area contributed by atoms with E-state index in [1.54, 1.807) is 0 Å². The molecule has 2 aromatic heterocycles. The minimum Gasteiger partial charge on any atom is -0.453 e. The summed E-state index contributed by atoms with van der Waals surface area (Å²) in [6.07, 6.45) is 1.83. The molecule has 9 aromatic rings. The van der Waals surface area contributed by atoms with E-state index in [0.29, 0.717) is 0 Å². The second-order valence-electron chi connectivity index (χ2n) is 11.6. The molecule has 0 N–H and O–H groups in total. The number of nitrogens with zero attached hydrogens (tertiary/aromatic N) is 2. The number of furan rings is 1. The minimum absolute atomic E-state index is 0.844. The molecule has 216 valence electrons. The van der Waals surface area contributed by atoms with Gasteiger partial charge in [-0.25, -0.2) is 0 Å². The zero-order chi connectivity index (χ0) is 30.5. The maximum Gasteiger partial charge on any atom is 0.159 e. The molecule has 0 fully saturated rings. The normalized spacial score (nSPS) is 11.5. The molecule has 0 aliphatic heterocycles. The van der Waals surface area contributed by atoms with Gasteiger partial charge in [0.2, 0.25) is 0 Å². The maximum absolute atomic E-state index is 6.80. The third-order valence-electron chi connectivity index (χ3n) is 8.90. The van der Waals surface area contributed by atoms with Gasteiger partial charge in [-0.3, -0.25) is 4.98 Å². The molecule has 3 heteroatoms. The van der Waals surface area contributed by atoms with Crippen LogP contribution >= 0.6 is 0 Å². The molecule has 0 spiro atoms. The Morgan fingerprint density at radius 1 is 0.435 bits per heavy atom. The summed E-state index contributed by atoms with van der Waals surface area (Å²) in [7, 11) is 0. The summed E-state index contributed by atoms with van der Waals surface area (Å²) in [5.74, 6) is 0. The summed E-state index contributed by atoms with van der Waals surface area (Å²) in [5, 5.41) is 5.64. The fourth-order valence-electron chi connectivity index (χ4n) is 6.72. The quantitative estimate of drug-likeness (QED) is 0.200. The Hall–Kier alpha value is -6.19. The SMILES string of the molecule is c1ccc(-c2ccc(N(c3cccc(-c4cccc5ccccc45)c3)c3cccc4c3oc3c5cccnc5ccc43)cc2)cc1. The van der Waals surface area contributed by atoms with Gasteiger partial charge in [0.15, 0.2) is 5.58 Å². The summed E-state index contributed by atoms with van der Waals surface area (Å²) in [4.78, 5) is 6.89. The van der Waals surface area contributed by atoms with Crippen molar-refractivity contribution < 1.29 is 4.42 Å². The Morgan fingerprint density at radius 3 is 2.04 bits per heavy atom. The standard InChI is InChI=1S/C43H28N2O/c1-2-10-29(11-3-1)30-21-23-33(24-22-30)45(34-15-6-14-32(28-34)36-17-7-13-31-12-4-5-16-35(31)36)41-20-8-18-37-38-25-26-40-39(19-9-27-44-40)42(38)46-43(37)41/h1-28H. The number of para-hydroxylation sites is 1. The van der Waals surface area contributed by atoms with Gasteiger partial charge in [0.1, 0.15) is 5.58 Å². The van der Waals surface area contributed by atoms with Crippen molar-refractivity contribution >= 4 is 60.7 Å². The number of anilines is 3. The molecule has 0 aliphatic rings. The van der Waals surface area contributed by atoms with Crippen LogP contribution in [-0.4, -0.2) is 4.98 Å². The van der Waals surface area contributed by atoms with Gasteiger partial charge in [-0.05, 0) is 87.6 Å². The second-order valence-corrected chi connectivity index (χ2v) is 11.6. The first-order chi connectivity index (χ1) is 22.8. The zero-order valence-corrected chi connectivity index (χ0v) is 25.0. The summed E-state index contributed by atoms with van der Waals surface area (Å²) in [5.41, 5.74) is 10.4. The minimum atomic E-state index is 0.844. The van der Waals surface area contributed by atoms with Crippen molar-refractivity contribution in [1.29, 1.82) is 0 Å². The van der Waals surface area contributed by atoms with E-state index < -0.39 is 0 Å². The van der Waals surface area contributed by atoms with E-state index in [0.717, 1.165) is 55.5 Å². The van der Waals surface area contributed by atoms with E-state index in [-0.39, 0.29) is 0 Å². The molecule has 0 radical (unpaired) electrons. The predicted molar refractivity (Wildman–Crippen MR) is 192 cm³/mol. The number of hydrogen-bond donors (Lipinski definition) is 0. The van der Waals surface area contributed by atoms with Crippen LogP contribution in [0, 0.1) is 0 Å². The average molecular weight is 589 g/mol. The van der Waals surface area contributed by atoms with Gasteiger partial charge in [0.05, 0.1) is 11.2 Å². The molecule has 0 unspecified atom stereocenters. The topological polar surface area (TPSA) is 29.3 Å². The van der Waals surface area contributed by atoms with Crippen molar-refractivity contribution in [2.75, 3.05) is 4.90 Å². The summed E-state index contributed by atoms with van der Waals surface area (Å²) in [6, 6.07) is 57.9. The highest BCUT2D eigenvalue weighted by Gasteiger charge is 2.21. The summed E-state index contributed by atoms with van der Waals surface area (Å²) in [6.45, 7) is 0. The van der Waals surface area contributed by atoms with Crippen LogP contribution in [-0.2, 0) is 0 Å². The Morgan fingerprint density at radius 2 is 1.13 bits per heavy atom. The molecule has 0 saturated heterocycles. The lowest BCUT2D eigenvalue weighted by Crippen LogP contribution is -2.10. The van der Waals surface area contributed by atoms with Crippen LogP contribution in [0.3, 0.4) is 0 Å². The van der Waals surface area contributed by atoms with Crippen molar-refractivity contribution in [3.63, 3.8) is 0 Å². The summed E-state index contributed by atoms with van der Waals surface area (Å²) < 4.78 is 6.80. The highest BCUT2D eigenvalue weighted by Crippen LogP contribution is 2.44. The fourth-order valence-corrected chi connectivity index (χ4v) is 6.72. The molecule has 0 aliphatic carbocycles. The van der Waals surface area contributed by atoms with E-state index in [9.17, 15) is 0 Å². The first-order valence-corrected chi connectivity index (χ1v) is 15.5. The first kappa shape index (κ1) is 26.2. The molecule has 0 amide bonds. The third kappa shape index (κ3) is 4.33. The van der Waals surface area contributed by atoms with Crippen LogP contribution in [0.2, 0.25) is 0 Å².